The minimum Gasteiger partial charge on any atom is -0.480 e. The van der Waals surface area contributed by atoms with Gasteiger partial charge in [0.25, 0.3) is 0 Å². The summed E-state index contributed by atoms with van der Waals surface area (Å²) in [7, 11) is 1.56. The van der Waals surface area contributed by atoms with Gasteiger partial charge in [0.15, 0.2) is 0 Å². The minimum absolute atomic E-state index is 0.502. The van der Waals surface area contributed by atoms with E-state index in [0.29, 0.717) is 11.6 Å². The van der Waals surface area contributed by atoms with E-state index in [1.54, 1.807) is 13.3 Å². The molecule has 60 valence electrons. The van der Waals surface area contributed by atoms with Crippen LogP contribution in [0, 0.1) is 0 Å². The number of pyridine rings is 1. The van der Waals surface area contributed by atoms with Crippen molar-refractivity contribution in [3.8, 4) is 5.88 Å². The Hall–Kier alpha value is -1.25. The van der Waals surface area contributed by atoms with E-state index in [1.165, 1.54) is 0 Å². The predicted octanol–water partition coefficient (Wildman–Crippen LogP) is 1.23. The molecule has 0 aliphatic carbocycles. The fraction of sp³-hybridized carbons (Fsp3) is 0.375. The van der Waals surface area contributed by atoms with Gasteiger partial charge in [-0.3, -0.25) is 0 Å². The molecule has 0 spiro atoms. The zero-order chi connectivity index (χ0) is 8.27. The molecule has 0 bridgehead atoms. The number of aromatic nitrogens is 1. The molecule has 0 radical (unpaired) electrons. The molecule has 0 saturated heterocycles. The first-order valence-corrected chi connectivity index (χ1v) is 3.56. The highest BCUT2D eigenvalue weighted by Gasteiger charge is 1.99. The van der Waals surface area contributed by atoms with E-state index in [9.17, 15) is 0 Å². The first-order valence-electron chi connectivity index (χ1n) is 3.56. The zero-order valence-corrected chi connectivity index (χ0v) is 6.79. The van der Waals surface area contributed by atoms with Crippen LogP contribution < -0.4 is 10.5 Å². The molecule has 0 aromatic carbocycles. The van der Waals surface area contributed by atoms with Crippen molar-refractivity contribution in [2.75, 3.05) is 12.8 Å². The number of hydrogen-bond acceptors (Lipinski definition) is 3. The Balaban J connectivity index is 2.99. The fourth-order valence-electron chi connectivity index (χ4n) is 0.879. The van der Waals surface area contributed by atoms with Crippen LogP contribution in [0.4, 0.5) is 5.69 Å². The molecular formula is C8H12N2O. The summed E-state index contributed by atoms with van der Waals surface area (Å²) in [4.78, 5) is 4.02. The van der Waals surface area contributed by atoms with Gasteiger partial charge in [-0.2, -0.15) is 0 Å². The SMILES string of the molecule is CCc1cnc(OC)c(N)c1. The van der Waals surface area contributed by atoms with Gasteiger partial charge in [0, 0.05) is 6.20 Å². The second-order valence-corrected chi connectivity index (χ2v) is 2.30. The van der Waals surface area contributed by atoms with Gasteiger partial charge in [-0.1, -0.05) is 6.92 Å². The molecule has 1 rings (SSSR count). The molecule has 0 saturated carbocycles. The summed E-state index contributed by atoms with van der Waals surface area (Å²) in [6.07, 6.45) is 2.72. The maximum Gasteiger partial charge on any atom is 0.236 e. The van der Waals surface area contributed by atoms with Gasteiger partial charge in [0.1, 0.15) is 0 Å². The summed E-state index contributed by atoms with van der Waals surface area (Å²) in [5.74, 6) is 0.502. The highest BCUT2D eigenvalue weighted by molar-refractivity contribution is 5.49. The molecule has 0 unspecified atom stereocenters. The van der Waals surface area contributed by atoms with Crippen LogP contribution in [0.2, 0.25) is 0 Å². The molecule has 1 aromatic heterocycles. The standard InChI is InChI=1S/C8H12N2O/c1-3-6-4-7(9)8(11-2)10-5-6/h4-5H,3,9H2,1-2H3. The van der Waals surface area contributed by atoms with Gasteiger partial charge in [-0.15, -0.1) is 0 Å². The van der Waals surface area contributed by atoms with Crippen molar-refractivity contribution < 1.29 is 4.74 Å². The molecule has 2 N–H and O–H groups in total. The van der Waals surface area contributed by atoms with Crippen LogP contribution in [0.5, 0.6) is 5.88 Å². The average Bonchev–Trinajstić information content (AvgIpc) is 2.04. The number of hydrogen-bond donors (Lipinski definition) is 1. The van der Waals surface area contributed by atoms with E-state index in [-0.39, 0.29) is 0 Å². The van der Waals surface area contributed by atoms with Crippen LogP contribution in [0.15, 0.2) is 12.3 Å². The number of anilines is 1. The summed E-state index contributed by atoms with van der Waals surface area (Å²) in [5.41, 5.74) is 7.35. The summed E-state index contributed by atoms with van der Waals surface area (Å²) in [6, 6.07) is 1.88. The van der Waals surface area contributed by atoms with Gasteiger partial charge >= 0.3 is 0 Å². The normalized spacial score (nSPS) is 9.64. The summed E-state index contributed by atoms with van der Waals surface area (Å²) in [5, 5.41) is 0. The van der Waals surface area contributed by atoms with Crippen molar-refractivity contribution in [3.63, 3.8) is 0 Å². The maximum atomic E-state index is 5.62. The van der Waals surface area contributed by atoms with Crippen LogP contribution in [-0.2, 0) is 6.42 Å². The molecule has 1 aromatic rings. The van der Waals surface area contributed by atoms with Gasteiger partial charge in [-0.25, -0.2) is 4.98 Å². The molecular weight excluding hydrogens is 140 g/mol. The Kier molecular flexibility index (Phi) is 2.31. The molecule has 0 aliphatic rings. The maximum absolute atomic E-state index is 5.62. The van der Waals surface area contributed by atoms with E-state index in [0.717, 1.165) is 12.0 Å². The number of nitrogens with two attached hydrogens (primary N) is 1. The molecule has 0 aliphatic heterocycles. The van der Waals surface area contributed by atoms with Crippen LogP contribution >= 0.6 is 0 Å². The third-order valence-electron chi connectivity index (χ3n) is 1.54. The van der Waals surface area contributed by atoms with Crippen molar-refractivity contribution >= 4 is 5.69 Å². The third-order valence-corrected chi connectivity index (χ3v) is 1.54. The molecule has 0 amide bonds. The third kappa shape index (κ3) is 1.61. The highest BCUT2D eigenvalue weighted by atomic mass is 16.5. The Morgan fingerprint density at radius 3 is 2.82 bits per heavy atom. The predicted molar refractivity (Wildman–Crippen MR) is 44.6 cm³/mol. The lowest BCUT2D eigenvalue weighted by molar-refractivity contribution is 0.400. The van der Waals surface area contributed by atoms with Crippen LogP contribution in [0.1, 0.15) is 12.5 Å². The topological polar surface area (TPSA) is 48.1 Å². The lowest BCUT2D eigenvalue weighted by Gasteiger charge is -2.03. The van der Waals surface area contributed by atoms with Crippen molar-refractivity contribution in [2.24, 2.45) is 0 Å². The number of rotatable bonds is 2. The van der Waals surface area contributed by atoms with Crippen molar-refractivity contribution in [2.45, 2.75) is 13.3 Å². The fourth-order valence-corrected chi connectivity index (χ4v) is 0.879. The second-order valence-electron chi connectivity index (χ2n) is 2.30. The lowest BCUT2D eigenvalue weighted by atomic mass is 10.2. The molecule has 3 heteroatoms. The van der Waals surface area contributed by atoms with Crippen LogP contribution in [0.3, 0.4) is 0 Å². The van der Waals surface area contributed by atoms with Gasteiger partial charge < -0.3 is 10.5 Å². The van der Waals surface area contributed by atoms with Gasteiger partial charge in [-0.05, 0) is 18.1 Å². The number of methoxy groups -OCH3 is 1. The van der Waals surface area contributed by atoms with Gasteiger partial charge in [0.2, 0.25) is 5.88 Å². The first kappa shape index (κ1) is 7.85. The van der Waals surface area contributed by atoms with Crippen molar-refractivity contribution in [3.05, 3.63) is 17.8 Å². The quantitative estimate of drug-likeness (QED) is 0.693. The van der Waals surface area contributed by atoms with Crippen LogP contribution in [0.25, 0.3) is 0 Å². The first-order chi connectivity index (χ1) is 5.27. The summed E-state index contributed by atoms with van der Waals surface area (Å²) < 4.78 is 4.91. The zero-order valence-electron chi connectivity index (χ0n) is 6.79. The van der Waals surface area contributed by atoms with E-state index >= 15 is 0 Å². The second kappa shape index (κ2) is 3.23. The molecule has 3 nitrogen and oxygen atoms in total. The molecule has 0 fully saturated rings. The minimum atomic E-state index is 0.502. The monoisotopic (exact) mass is 152 g/mol. The Morgan fingerprint density at radius 1 is 1.64 bits per heavy atom. The van der Waals surface area contributed by atoms with E-state index in [2.05, 4.69) is 11.9 Å². The Bertz CT molecular complexity index is 248. The van der Waals surface area contributed by atoms with E-state index in [4.69, 9.17) is 10.5 Å². The number of aryl methyl sites for hydroxylation is 1. The average molecular weight is 152 g/mol. The number of nitrogen functional groups attached to an aromatic ring is 1. The largest absolute Gasteiger partial charge is 0.480 e. The van der Waals surface area contributed by atoms with E-state index in [1.807, 2.05) is 6.07 Å². The molecule has 0 atom stereocenters. The van der Waals surface area contributed by atoms with Gasteiger partial charge in [0.05, 0.1) is 12.8 Å². The number of ether oxygens (including phenoxy) is 1. The summed E-state index contributed by atoms with van der Waals surface area (Å²) >= 11 is 0. The Labute approximate surface area is 66.2 Å². The van der Waals surface area contributed by atoms with E-state index < -0.39 is 0 Å². The highest BCUT2D eigenvalue weighted by Crippen LogP contribution is 2.17. The molecule has 11 heavy (non-hydrogen) atoms. The molecule has 1 heterocycles. The summed E-state index contributed by atoms with van der Waals surface area (Å²) in [6.45, 7) is 2.06. The van der Waals surface area contributed by atoms with Crippen molar-refractivity contribution in [1.29, 1.82) is 0 Å². The van der Waals surface area contributed by atoms with Crippen LogP contribution in [-0.4, -0.2) is 12.1 Å². The van der Waals surface area contributed by atoms with Crippen molar-refractivity contribution in [1.82, 2.24) is 4.98 Å². The smallest absolute Gasteiger partial charge is 0.236 e. The Morgan fingerprint density at radius 2 is 2.36 bits per heavy atom. The number of nitrogens with zero attached hydrogens (tertiary/aromatic N) is 1. The lowest BCUT2D eigenvalue weighted by Crippen LogP contribution is -1.96.